The molecule has 1 saturated carbocycles. The Morgan fingerprint density at radius 3 is 2.89 bits per heavy atom. The normalized spacial score (nSPS) is 15.2. The molecule has 2 heterocycles. The van der Waals surface area contributed by atoms with E-state index < -0.39 is 0 Å². The maximum Gasteiger partial charge on any atom is 0.234 e. The molecule has 4 rings (SSSR count). The van der Waals surface area contributed by atoms with Crippen molar-refractivity contribution in [1.29, 1.82) is 0 Å². The highest BCUT2D eigenvalue weighted by molar-refractivity contribution is 7.19. The Morgan fingerprint density at radius 1 is 1.32 bits per heavy atom. The zero-order chi connectivity index (χ0) is 13.0. The number of benzene rings is 1. The first kappa shape index (κ1) is 10.9. The molecule has 0 saturated heterocycles. The van der Waals surface area contributed by atoms with Gasteiger partial charge in [-0.05, 0) is 43.5 Å². The predicted octanol–water partition coefficient (Wildman–Crippen LogP) is 2.62. The summed E-state index contributed by atoms with van der Waals surface area (Å²) in [6, 6.07) is 5.90. The van der Waals surface area contributed by atoms with Crippen molar-refractivity contribution >= 4 is 22.0 Å². The minimum atomic E-state index is 0.553. The SMILES string of the molecule is Cc1cc(N)ccc1-c1nn2c(C3CC3)nnc2s1. The van der Waals surface area contributed by atoms with Crippen molar-refractivity contribution in [2.45, 2.75) is 25.7 Å². The first-order chi connectivity index (χ1) is 9.22. The zero-order valence-electron chi connectivity index (χ0n) is 10.5. The van der Waals surface area contributed by atoms with Crippen molar-refractivity contribution in [3.05, 3.63) is 29.6 Å². The zero-order valence-corrected chi connectivity index (χ0v) is 11.3. The molecule has 5 nitrogen and oxygen atoms in total. The molecule has 0 amide bonds. The molecule has 0 radical (unpaired) electrons. The maximum atomic E-state index is 5.79. The molecule has 0 spiro atoms. The number of fused-ring (bicyclic) bond motifs is 1. The van der Waals surface area contributed by atoms with E-state index in [4.69, 9.17) is 5.73 Å². The van der Waals surface area contributed by atoms with Crippen LogP contribution in [0.5, 0.6) is 0 Å². The molecule has 1 aliphatic carbocycles. The maximum absolute atomic E-state index is 5.79. The molecule has 1 fully saturated rings. The third-order valence-corrected chi connectivity index (χ3v) is 4.37. The Hall–Kier alpha value is -1.95. The summed E-state index contributed by atoms with van der Waals surface area (Å²) in [6.45, 7) is 2.05. The number of aryl methyl sites for hydroxylation is 1. The van der Waals surface area contributed by atoms with Gasteiger partial charge in [0.1, 0.15) is 5.01 Å². The number of hydrogen-bond donors (Lipinski definition) is 1. The number of rotatable bonds is 2. The fraction of sp³-hybridized carbons (Fsp3) is 0.308. The Bertz CT molecular complexity index is 769. The van der Waals surface area contributed by atoms with E-state index in [1.54, 1.807) is 11.3 Å². The standard InChI is InChI=1S/C13H13N5S/c1-7-6-9(14)4-5-10(7)12-17-18-11(8-2-3-8)15-16-13(18)19-12/h4-6,8H,2-3,14H2,1H3. The van der Waals surface area contributed by atoms with Gasteiger partial charge in [-0.25, -0.2) is 0 Å². The molecule has 96 valence electrons. The second-order valence-corrected chi connectivity index (χ2v) is 5.96. The van der Waals surface area contributed by atoms with Crippen LogP contribution in [0, 0.1) is 6.92 Å². The van der Waals surface area contributed by atoms with Gasteiger partial charge >= 0.3 is 0 Å². The number of anilines is 1. The molecule has 6 heteroatoms. The van der Waals surface area contributed by atoms with Gasteiger partial charge in [-0.15, -0.1) is 10.2 Å². The van der Waals surface area contributed by atoms with Crippen molar-refractivity contribution in [2.24, 2.45) is 0 Å². The first-order valence-corrected chi connectivity index (χ1v) is 7.12. The molecule has 0 bridgehead atoms. The van der Waals surface area contributed by atoms with Crippen LogP contribution in [0.25, 0.3) is 15.5 Å². The van der Waals surface area contributed by atoms with Crippen LogP contribution < -0.4 is 5.73 Å². The van der Waals surface area contributed by atoms with Crippen LogP contribution in [0.15, 0.2) is 18.2 Å². The van der Waals surface area contributed by atoms with Gasteiger partial charge in [-0.1, -0.05) is 11.3 Å². The van der Waals surface area contributed by atoms with Crippen LogP contribution in [-0.4, -0.2) is 19.8 Å². The van der Waals surface area contributed by atoms with Crippen molar-refractivity contribution in [3.8, 4) is 10.6 Å². The Labute approximate surface area is 114 Å². The molecule has 1 aliphatic rings. The summed E-state index contributed by atoms with van der Waals surface area (Å²) in [5.74, 6) is 1.56. The molecule has 0 atom stereocenters. The van der Waals surface area contributed by atoms with Gasteiger partial charge in [0.25, 0.3) is 0 Å². The van der Waals surface area contributed by atoms with Crippen LogP contribution in [0.4, 0.5) is 5.69 Å². The largest absolute Gasteiger partial charge is 0.399 e. The fourth-order valence-electron chi connectivity index (χ4n) is 2.26. The lowest BCUT2D eigenvalue weighted by molar-refractivity contribution is 0.828. The number of nitrogens with zero attached hydrogens (tertiary/aromatic N) is 4. The number of nitrogens with two attached hydrogens (primary N) is 1. The Kier molecular flexibility index (Phi) is 2.17. The van der Waals surface area contributed by atoms with E-state index in [0.717, 1.165) is 32.6 Å². The molecule has 0 unspecified atom stereocenters. The number of aromatic nitrogens is 4. The molecule has 3 aromatic rings. The van der Waals surface area contributed by atoms with E-state index in [-0.39, 0.29) is 0 Å². The summed E-state index contributed by atoms with van der Waals surface area (Å²) in [7, 11) is 0. The van der Waals surface area contributed by atoms with Crippen LogP contribution in [-0.2, 0) is 0 Å². The van der Waals surface area contributed by atoms with Gasteiger partial charge in [-0.2, -0.15) is 9.61 Å². The average molecular weight is 271 g/mol. The van der Waals surface area contributed by atoms with Crippen LogP contribution >= 0.6 is 11.3 Å². The van der Waals surface area contributed by atoms with E-state index in [1.165, 1.54) is 12.8 Å². The molecular formula is C13H13N5S. The van der Waals surface area contributed by atoms with Gasteiger partial charge in [0.05, 0.1) is 0 Å². The van der Waals surface area contributed by atoms with Crippen molar-refractivity contribution in [2.75, 3.05) is 5.73 Å². The second kappa shape index (κ2) is 3.77. The van der Waals surface area contributed by atoms with Gasteiger partial charge in [0, 0.05) is 17.2 Å². The Balaban J connectivity index is 1.86. The summed E-state index contributed by atoms with van der Waals surface area (Å²) in [6.07, 6.45) is 2.41. The van der Waals surface area contributed by atoms with Crippen LogP contribution in [0.2, 0.25) is 0 Å². The highest BCUT2D eigenvalue weighted by atomic mass is 32.1. The quantitative estimate of drug-likeness (QED) is 0.727. The second-order valence-electron chi connectivity index (χ2n) is 5.01. The monoisotopic (exact) mass is 271 g/mol. The van der Waals surface area contributed by atoms with E-state index in [0.29, 0.717) is 5.92 Å². The lowest BCUT2D eigenvalue weighted by Gasteiger charge is -2.02. The lowest BCUT2D eigenvalue weighted by Crippen LogP contribution is -1.94. The number of hydrogen-bond acceptors (Lipinski definition) is 5. The molecule has 0 aliphatic heterocycles. The van der Waals surface area contributed by atoms with Crippen LogP contribution in [0.3, 0.4) is 0 Å². The van der Waals surface area contributed by atoms with E-state index in [1.807, 2.05) is 22.7 Å². The predicted molar refractivity (Wildman–Crippen MR) is 75.2 cm³/mol. The van der Waals surface area contributed by atoms with Crippen molar-refractivity contribution in [3.63, 3.8) is 0 Å². The summed E-state index contributed by atoms with van der Waals surface area (Å²) in [5.41, 5.74) is 8.82. The summed E-state index contributed by atoms with van der Waals surface area (Å²) >= 11 is 1.57. The van der Waals surface area contributed by atoms with E-state index >= 15 is 0 Å². The fourth-order valence-corrected chi connectivity index (χ4v) is 3.20. The minimum absolute atomic E-state index is 0.553. The molecule has 2 aromatic heterocycles. The summed E-state index contributed by atoms with van der Waals surface area (Å²) < 4.78 is 1.90. The highest BCUT2D eigenvalue weighted by Gasteiger charge is 2.30. The highest BCUT2D eigenvalue weighted by Crippen LogP contribution is 2.40. The van der Waals surface area contributed by atoms with Crippen molar-refractivity contribution in [1.82, 2.24) is 19.8 Å². The topological polar surface area (TPSA) is 69.1 Å². The van der Waals surface area contributed by atoms with Crippen LogP contribution in [0.1, 0.15) is 30.1 Å². The van der Waals surface area contributed by atoms with Gasteiger partial charge < -0.3 is 5.73 Å². The van der Waals surface area contributed by atoms with Gasteiger partial charge in [0.15, 0.2) is 5.82 Å². The smallest absolute Gasteiger partial charge is 0.234 e. The van der Waals surface area contributed by atoms with Gasteiger partial charge in [0.2, 0.25) is 4.96 Å². The molecular weight excluding hydrogens is 258 g/mol. The summed E-state index contributed by atoms with van der Waals surface area (Å²) in [4.78, 5) is 0.869. The minimum Gasteiger partial charge on any atom is -0.399 e. The van der Waals surface area contributed by atoms with E-state index in [2.05, 4.69) is 22.2 Å². The number of nitrogen functional groups attached to an aromatic ring is 1. The van der Waals surface area contributed by atoms with Crippen molar-refractivity contribution < 1.29 is 0 Å². The first-order valence-electron chi connectivity index (χ1n) is 6.31. The van der Waals surface area contributed by atoms with E-state index in [9.17, 15) is 0 Å². The molecule has 2 N–H and O–H groups in total. The third kappa shape index (κ3) is 1.71. The Morgan fingerprint density at radius 2 is 2.16 bits per heavy atom. The average Bonchev–Trinajstić information content (AvgIpc) is 2.99. The third-order valence-electron chi connectivity index (χ3n) is 3.44. The molecule has 1 aromatic carbocycles. The lowest BCUT2D eigenvalue weighted by atomic mass is 10.1. The van der Waals surface area contributed by atoms with Gasteiger partial charge in [-0.3, -0.25) is 0 Å². The molecule has 19 heavy (non-hydrogen) atoms. The summed E-state index contributed by atoms with van der Waals surface area (Å²) in [5, 5.41) is 14.1.